The minimum Gasteiger partial charge on any atom is -0.379 e. The van der Waals surface area contributed by atoms with Crippen molar-refractivity contribution in [2.75, 3.05) is 20.1 Å². The van der Waals surface area contributed by atoms with Crippen LogP contribution in [0, 0.1) is 5.82 Å². The van der Waals surface area contributed by atoms with E-state index in [-0.39, 0.29) is 10.6 Å². The fourth-order valence-corrected chi connectivity index (χ4v) is 4.53. The molecule has 5 nitrogen and oxygen atoms in total. The third-order valence-corrected chi connectivity index (χ3v) is 6.41. The fourth-order valence-electron chi connectivity index (χ4n) is 3.61. The molecule has 0 atom stereocenters. The first-order valence-electron chi connectivity index (χ1n) is 8.92. The molecule has 0 amide bonds. The van der Waals surface area contributed by atoms with E-state index < -0.39 is 15.9 Å². The van der Waals surface area contributed by atoms with Gasteiger partial charge in [-0.05, 0) is 86.9 Å². The Hall–Kier alpha value is -2.38. The summed E-state index contributed by atoms with van der Waals surface area (Å²) < 4.78 is 43.2. The normalized spacial score (nSPS) is 16.7. The van der Waals surface area contributed by atoms with Crippen molar-refractivity contribution in [2.24, 2.45) is 0 Å². The predicted octanol–water partition coefficient (Wildman–Crippen LogP) is 3.88. The minimum atomic E-state index is -4.01. The molecule has 1 aromatic heterocycles. The van der Waals surface area contributed by atoms with Crippen LogP contribution in [0.3, 0.4) is 0 Å². The van der Waals surface area contributed by atoms with E-state index in [2.05, 4.69) is 16.9 Å². The van der Waals surface area contributed by atoms with Crippen molar-refractivity contribution in [3.63, 3.8) is 0 Å². The van der Waals surface area contributed by atoms with Gasteiger partial charge in [0.05, 0.1) is 0 Å². The van der Waals surface area contributed by atoms with Crippen molar-refractivity contribution < 1.29 is 17.0 Å². The van der Waals surface area contributed by atoms with Crippen molar-refractivity contribution in [3.8, 4) is 5.75 Å². The first-order valence-corrected chi connectivity index (χ1v) is 10.3. The van der Waals surface area contributed by atoms with Crippen molar-refractivity contribution in [3.05, 3.63) is 60.0 Å². The Morgan fingerprint density at radius 1 is 1.11 bits per heavy atom. The van der Waals surface area contributed by atoms with E-state index in [9.17, 15) is 12.8 Å². The van der Waals surface area contributed by atoms with Gasteiger partial charge >= 0.3 is 10.1 Å². The van der Waals surface area contributed by atoms with Crippen LogP contribution in [-0.2, 0) is 10.1 Å². The Kier molecular flexibility index (Phi) is 4.65. The number of halogens is 1. The zero-order valence-electron chi connectivity index (χ0n) is 15.0. The van der Waals surface area contributed by atoms with E-state index >= 15 is 0 Å². The highest BCUT2D eigenvalue weighted by Gasteiger charge is 2.22. The lowest BCUT2D eigenvalue weighted by atomic mass is 9.89. The van der Waals surface area contributed by atoms with Crippen LogP contribution in [0.4, 0.5) is 4.39 Å². The highest BCUT2D eigenvalue weighted by atomic mass is 32.2. The lowest BCUT2D eigenvalue weighted by Gasteiger charge is -2.28. The molecule has 7 heteroatoms. The Morgan fingerprint density at radius 3 is 2.52 bits per heavy atom. The van der Waals surface area contributed by atoms with Gasteiger partial charge in [0.1, 0.15) is 16.5 Å². The predicted molar refractivity (Wildman–Crippen MR) is 102 cm³/mol. The standard InChI is InChI=1S/C20H21FN2O3S/c1-23-10-8-14(9-11-23)19-13-22-20-7-4-16(12-18(19)20)26-27(24,25)17-5-2-15(21)3-6-17/h2-7,12-14,22H,8-11H2,1H3. The molecule has 3 aromatic rings. The lowest BCUT2D eigenvalue weighted by Crippen LogP contribution is -2.29. The molecule has 4 rings (SSSR count). The molecule has 0 saturated carbocycles. The molecule has 0 unspecified atom stereocenters. The molecule has 2 aromatic carbocycles. The molecule has 2 heterocycles. The zero-order chi connectivity index (χ0) is 19.0. The summed E-state index contributed by atoms with van der Waals surface area (Å²) in [4.78, 5) is 5.50. The van der Waals surface area contributed by atoms with Crippen LogP contribution in [0.5, 0.6) is 5.75 Å². The SMILES string of the molecule is CN1CCC(c2c[nH]c3ccc(OS(=O)(=O)c4ccc(F)cc4)cc23)CC1. The second-order valence-corrected chi connectivity index (χ2v) is 8.57. The summed E-state index contributed by atoms with van der Waals surface area (Å²) in [5.41, 5.74) is 2.15. The number of H-pyrrole nitrogens is 1. The van der Waals surface area contributed by atoms with Crippen LogP contribution in [0.2, 0.25) is 0 Å². The van der Waals surface area contributed by atoms with Crippen molar-refractivity contribution >= 4 is 21.0 Å². The molecule has 0 bridgehead atoms. The highest BCUT2D eigenvalue weighted by Crippen LogP contribution is 2.35. The van der Waals surface area contributed by atoms with Crippen LogP contribution in [0.1, 0.15) is 24.3 Å². The number of nitrogens with zero attached hydrogens (tertiary/aromatic N) is 1. The van der Waals surface area contributed by atoms with E-state index in [0.717, 1.165) is 49.0 Å². The number of aromatic nitrogens is 1. The monoisotopic (exact) mass is 388 g/mol. The van der Waals surface area contributed by atoms with Crippen LogP contribution >= 0.6 is 0 Å². The van der Waals surface area contributed by atoms with Crippen molar-refractivity contribution in [2.45, 2.75) is 23.7 Å². The van der Waals surface area contributed by atoms with E-state index in [1.807, 2.05) is 12.3 Å². The van der Waals surface area contributed by atoms with Crippen LogP contribution < -0.4 is 4.18 Å². The third kappa shape index (κ3) is 3.70. The summed E-state index contributed by atoms with van der Waals surface area (Å²) in [5.74, 6) is 0.199. The summed E-state index contributed by atoms with van der Waals surface area (Å²) in [7, 11) is -1.89. The van der Waals surface area contributed by atoms with Gasteiger partial charge in [-0.3, -0.25) is 0 Å². The topological polar surface area (TPSA) is 62.4 Å². The van der Waals surface area contributed by atoms with Gasteiger partial charge in [-0.1, -0.05) is 0 Å². The lowest BCUT2D eigenvalue weighted by molar-refractivity contribution is 0.256. The van der Waals surface area contributed by atoms with E-state index in [1.54, 1.807) is 12.1 Å². The number of rotatable bonds is 4. The molecule has 0 radical (unpaired) electrons. The second-order valence-electron chi connectivity index (χ2n) is 7.02. The molecule has 1 aliphatic heterocycles. The number of benzene rings is 2. The smallest absolute Gasteiger partial charge is 0.339 e. The maximum atomic E-state index is 13.0. The first kappa shape index (κ1) is 18.0. The number of aromatic amines is 1. The van der Waals surface area contributed by atoms with Crippen LogP contribution in [0.15, 0.2) is 53.6 Å². The molecule has 1 fully saturated rings. The number of likely N-dealkylation sites (tertiary alicyclic amines) is 1. The largest absolute Gasteiger partial charge is 0.379 e. The molecular formula is C20H21FN2O3S. The Labute approximate surface area is 157 Å². The molecule has 27 heavy (non-hydrogen) atoms. The third-order valence-electron chi connectivity index (χ3n) is 5.15. The number of hydrogen-bond acceptors (Lipinski definition) is 4. The maximum Gasteiger partial charge on any atom is 0.339 e. The molecule has 1 N–H and O–H groups in total. The van der Waals surface area contributed by atoms with Gasteiger partial charge in [-0.25, -0.2) is 4.39 Å². The number of fused-ring (bicyclic) bond motifs is 1. The summed E-state index contributed by atoms with van der Waals surface area (Å²) in [6, 6.07) is 9.81. The Morgan fingerprint density at radius 2 is 1.81 bits per heavy atom. The van der Waals surface area contributed by atoms with Gasteiger partial charge in [0.15, 0.2) is 0 Å². The average molecular weight is 388 g/mol. The average Bonchev–Trinajstić information content (AvgIpc) is 3.06. The summed E-state index contributed by atoms with van der Waals surface area (Å²) >= 11 is 0. The summed E-state index contributed by atoms with van der Waals surface area (Å²) in [5, 5.41) is 0.983. The first-order chi connectivity index (χ1) is 12.9. The molecule has 142 valence electrons. The molecule has 1 aliphatic rings. The summed E-state index contributed by atoms with van der Waals surface area (Å²) in [6.45, 7) is 2.10. The van der Waals surface area contributed by atoms with Gasteiger partial charge in [0, 0.05) is 17.1 Å². The molecule has 1 saturated heterocycles. The van der Waals surface area contributed by atoms with Gasteiger partial charge in [-0.15, -0.1) is 0 Å². The number of hydrogen-bond donors (Lipinski definition) is 1. The van der Waals surface area contributed by atoms with E-state index in [4.69, 9.17) is 4.18 Å². The quantitative estimate of drug-likeness (QED) is 0.689. The molecular weight excluding hydrogens is 367 g/mol. The fraction of sp³-hybridized carbons (Fsp3) is 0.300. The molecule has 0 aliphatic carbocycles. The summed E-state index contributed by atoms with van der Waals surface area (Å²) in [6.07, 6.45) is 4.16. The van der Waals surface area contributed by atoms with Gasteiger partial charge in [-0.2, -0.15) is 8.42 Å². The zero-order valence-corrected chi connectivity index (χ0v) is 15.8. The van der Waals surface area contributed by atoms with Gasteiger partial charge < -0.3 is 14.1 Å². The van der Waals surface area contributed by atoms with E-state index in [0.29, 0.717) is 5.92 Å². The number of piperidine rings is 1. The Balaban J connectivity index is 1.63. The van der Waals surface area contributed by atoms with Gasteiger partial charge in [0.25, 0.3) is 0 Å². The van der Waals surface area contributed by atoms with E-state index in [1.165, 1.54) is 17.7 Å². The van der Waals surface area contributed by atoms with Crippen LogP contribution in [0.25, 0.3) is 10.9 Å². The Bertz CT molecular complexity index is 1050. The van der Waals surface area contributed by atoms with Crippen LogP contribution in [-0.4, -0.2) is 38.4 Å². The molecule has 0 spiro atoms. The maximum absolute atomic E-state index is 13.0. The van der Waals surface area contributed by atoms with Gasteiger partial charge in [0.2, 0.25) is 0 Å². The minimum absolute atomic E-state index is 0.0754. The number of nitrogens with one attached hydrogen (secondary N) is 1. The highest BCUT2D eigenvalue weighted by molar-refractivity contribution is 7.87. The van der Waals surface area contributed by atoms with Crippen molar-refractivity contribution in [1.29, 1.82) is 0 Å². The van der Waals surface area contributed by atoms with Crippen molar-refractivity contribution in [1.82, 2.24) is 9.88 Å². The second kappa shape index (κ2) is 6.98.